The van der Waals surface area contributed by atoms with Crippen LogP contribution in [-0.4, -0.2) is 41.5 Å². The Morgan fingerprint density at radius 2 is 1.02 bits per heavy atom. The van der Waals surface area contributed by atoms with Crippen LogP contribution in [0.5, 0.6) is 0 Å². The highest BCUT2D eigenvalue weighted by Gasteiger charge is 2.50. The Bertz CT molecular complexity index is 1270. The van der Waals surface area contributed by atoms with Gasteiger partial charge in [0.2, 0.25) is 0 Å². The molecule has 2 aromatic carbocycles. The lowest BCUT2D eigenvalue weighted by Gasteiger charge is -2.45. The Hall–Kier alpha value is -3.43. The first kappa shape index (κ1) is 35.4. The molecule has 0 heterocycles. The van der Waals surface area contributed by atoms with Gasteiger partial charge in [0.1, 0.15) is 23.4 Å². The first-order valence-corrected chi connectivity index (χ1v) is 16.5. The molecule has 0 amide bonds. The van der Waals surface area contributed by atoms with Gasteiger partial charge < -0.3 is 9.47 Å². The monoisotopic (exact) mass is 638 g/mol. The van der Waals surface area contributed by atoms with Crippen molar-refractivity contribution in [2.75, 3.05) is 0 Å². The number of hydrogen-bond acceptors (Lipinski definition) is 9. The molecule has 0 spiro atoms. The molecule has 0 radical (unpaired) electrons. The molecule has 6 unspecified atom stereocenters. The van der Waals surface area contributed by atoms with Gasteiger partial charge in [-0.1, -0.05) is 64.1 Å². The minimum atomic E-state index is -1.12. The maximum Gasteiger partial charge on any atom is 0.509 e. The van der Waals surface area contributed by atoms with E-state index in [9.17, 15) is 14.4 Å². The molecule has 2 aliphatic carbocycles. The van der Waals surface area contributed by atoms with Gasteiger partial charge >= 0.3 is 18.1 Å². The molecule has 2 aromatic rings. The van der Waals surface area contributed by atoms with Crippen molar-refractivity contribution in [3.63, 3.8) is 0 Å². The number of carbonyl (C=O) groups excluding carboxylic acids is 3. The number of benzene rings is 2. The van der Waals surface area contributed by atoms with Gasteiger partial charge in [-0.2, -0.15) is 9.78 Å². The van der Waals surface area contributed by atoms with E-state index in [0.717, 1.165) is 24.0 Å². The fourth-order valence-electron chi connectivity index (χ4n) is 6.58. The van der Waals surface area contributed by atoms with Gasteiger partial charge in [0.05, 0.1) is 11.1 Å². The summed E-state index contributed by atoms with van der Waals surface area (Å²) in [5.41, 5.74) is 0.106. The SMILES string of the molecule is Cc1ccccc1C(=O)OOC1CC(C(C)C)CCC1(C)OC(=O)OC1(C)CCC(C(C)C)CC1OOC(=O)c1ccccc1C. The van der Waals surface area contributed by atoms with Gasteiger partial charge in [-0.05, 0) is 113 Å². The Labute approximate surface area is 273 Å². The molecule has 0 N–H and O–H groups in total. The van der Waals surface area contributed by atoms with Crippen molar-refractivity contribution in [2.45, 2.75) is 117 Å². The van der Waals surface area contributed by atoms with Crippen molar-refractivity contribution in [1.82, 2.24) is 0 Å². The lowest BCUT2D eigenvalue weighted by molar-refractivity contribution is -0.327. The van der Waals surface area contributed by atoms with E-state index in [1.165, 1.54) is 0 Å². The molecule has 2 aliphatic rings. The standard InChI is InChI=1S/C37H50O9/c1-23(2)27-17-19-36(7,31(21-27)43-45-33(38)29-15-11-9-13-25(29)5)41-35(40)42-37(8)20-18-28(24(3)4)22-32(37)44-46-34(39)30-16-12-10-14-26(30)6/h9-16,23-24,27-28,31-32H,17-22H2,1-8H3. The van der Waals surface area contributed by atoms with Crippen molar-refractivity contribution in [1.29, 1.82) is 0 Å². The van der Waals surface area contributed by atoms with E-state index in [1.807, 2.05) is 38.1 Å². The fourth-order valence-corrected chi connectivity index (χ4v) is 6.58. The predicted octanol–water partition coefficient (Wildman–Crippen LogP) is 8.50. The Morgan fingerprint density at radius 3 is 1.37 bits per heavy atom. The third kappa shape index (κ3) is 8.48. The van der Waals surface area contributed by atoms with Crippen LogP contribution in [0.25, 0.3) is 0 Å². The van der Waals surface area contributed by atoms with Crippen LogP contribution in [-0.2, 0) is 29.0 Å². The van der Waals surface area contributed by atoms with Crippen molar-refractivity contribution >= 4 is 18.1 Å². The second kappa shape index (κ2) is 15.0. The first-order chi connectivity index (χ1) is 21.7. The summed E-state index contributed by atoms with van der Waals surface area (Å²) in [5.74, 6) is 0.0996. The van der Waals surface area contributed by atoms with Gasteiger partial charge in [0.25, 0.3) is 0 Å². The van der Waals surface area contributed by atoms with Gasteiger partial charge in [-0.3, -0.25) is 9.78 Å². The molecular formula is C37H50O9. The normalized spacial score (nSPS) is 28.0. The van der Waals surface area contributed by atoms with E-state index >= 15 is 0 Å². The van der Waals surface area contributed by atoms with E-state index in [4.69, 9.17) is 29.0 Å². The zero-order valence-corrected chi connectivity index (χ0v) is 28.5. The molecule has 2 fully saturated rings. The summed E-state index contributed by atoms with van der Waals surface area (Å²) in [7, 11) is 0. The summed E-state index contributed by atoms with van der Waals surface area (Å²) in [6.45, 7) is 15.8. The van der Waals surface area contributed by atoms with Crippen molar-refractivity contribution < 1.29 is 43.4 Å². The van der Waals surface area contributed by atoms with E-state index in [-0.39, 0.29) is 0 Å². The van der Waals surface area contributed by atoms with Crippen LogP contribution in [0.15, 0.2) is 48.5 Å². The quantitative estimate of drug-likeness (QED) is 0.144. The molecule has 6 atom stereocenters. The van der Waals surface area contributed by atoms with Crippen molar-refractivity contribution in [3.8, 4) is 0 Å². The highest BCUT2D eigenvalue weighted by atomic mass is 17.2. The molecule has 46 heavy (non-hydrogen) atoms. The Morgan fingerprint density at radius 1 is 0.652 bits per heavy atom. The lowest BCUT2D eigenvalue weighted by atomic mass is 9.73. The van der Waals surface area contributed by atoms with Crippen LogP contribution in [0.4, 0.5) is 4.79 Å². The summed E-state index contributed by atoms with van der Waals surface area (Å²) >= 11 is 0. The average Bonchev–Trinajstić information content (AvgIpc) is 2.99. The number of rotatable bonds is 10. The number of carbonyl (C=O) groups is 3. The van der Waals surface area contributed by atoms with E-state index in [2.05, 4.69) is 27.7 Å². The van der Waals surface area contributed by atoms with Gasteiger partial charge in [-0.15, -0.1) is 0 Å². The molecule has 9 nitrogen and oxygen atoms in total. The molecule has 252 valence electrons. The van der Waals surface area contributed by atoms with Crippen LogP contribution in [0.1, 0.15) is 112 Å². The van der Waals surface area contributed by atoms with E-state index in [0.29, 0.717) is 60.5 Å². The molecule has 2 saturated carbocycles. The topological polar surface area (TPSA) is 107 Å². The summed E-state index contributed by atoms with van der Waals surface area (Å²) in [5, 5.41) is 0. The molecule has 4 rings (SSSR count). The molecule has 0 aromatic heterocycles. The Balaban J connectivity index is 1.46. The van der Waals surface area contributed by atoms with E-state index in [1.54, 1.807) is 38.1 Å². The second-order valence-electron chi connectivity index (χ2n) is 14.2. The summed E-state index contributed by atoms with van der Waals surface area (Å²) in [6, 6.07) is 14.2. The molecule has 0 saturated heterocycles. The highest BCUT2D eigenvalue weighted by molar-refractivity contribution is 5.91. The maximum atomic E-state index is 13.5. The number of ether oxygens (including phenoxy) is 2. The maximum absolute atomic E-state index is 13.5. The zero-order chi connectivity index (χ0) is 33.6. The minimum Gasteiger partial charge on any atom is -0.425 e. The summed E-state index contributed by atoms with van der Waals surface area (Å²) < 4.78 is 12.1. The van der Waals surface area contributed by atoms with Crippen molar-refractivity contribution in [3.05, 3.63) is 70.8 Å². The second-order valence-corrected chi connectivity index (χ2v) is 14.2. The molecular weight excluding hydrogens is 588 g/mol. The third-order valence-corrected chi connectivity index (χ3v) is 10.1. The van der Waals surface area contributed by atoms with Crippen LogP contribution in [0.2, 0.25) is 0 Å². The molecule has 0 aliphatic heterocycles. The van der Waals surface area contributed by atoms with Crippen LogP contribution in [0, 0.1) is 37.5 Å². The van der Waals surface area contributed by atoms with Gasteiger partial charge in [0, 0.05) is 0 Å². The summed E-state index contributed by atoms with van der Waals surface area (Å²) in [4.78, 5) is 61.5. The first-order valence-electron chi connectivity index (χ1n) is 16.5. The van der Waals surface area contributed by atoms with Gasteiger partial charge in [-0.25, -0.2) is 14.4 Å². The molecule has 9 heteroatoms. The third-order valence-electron chi connectivity index (χ3n) is 10.1. The van der Waals surface area contributed by atoms with Gasteiger partial charge in [0.15, 0.2) is 0 Å². The summed E-state index contributed by atoms with van der Waals surface area (Å²) in [6.07, 6.45) is 1.39. The van der Waals surface area contributed by atoms with Crippen LogP contribution < -0.4 is 0 Å². The smallest absolute Gasteiger partial charge is 0.425 e. The lowest BCUT2D eigenvalue weighted by Crippen LogP contribution is -2.53. The average molecular weight is 639 g/mol. The molecule has 0 bridgehead atoms. The predicted molar refractivity (Wildman–Crippen MR) is 172 cm³/mol. The fraction of sp³-hybridized carbons (Fsp3) is 0.595. The van der Waals surface area contributed by atoms with Crippen LogP contribution >= 0.6 is 0 Å². The number of aryl methyl sites for hydroxylation is 2. The largest absolute Gasteiger partial charge is 0.509 e. The minimum absolute atomic E-state index is 0.291. The highest BCUT2D eigenvalue weighted by Crippen LogP contribution is 2.43. The van der Waals surface area contributed by atoms with E-state index < -0.39 is 41.5 Å². The number of hydrogen-bond donors (Lipinski definition) is 0. The Kier molecular flexibility index (Phi) is 11.5. The van der Waals surface area contributed by atoms with Crippen molar-refractivity contribution in [2.24, 2.45) is 23.7 Å². The zero-order valence-electron chi connectivity index (χ0n) is 28.5. The van der Waals surface area contributed by atoms with Crippen LogP contribution in [0.3, 0.4) is 0 Å².